The number of benzene rings is 3. The number of carbonyl (C=O) groups excluding carboxylic acids is 3. The van der Waals surface area contributed by atoms with Crippen molar-refractivity contribution in [1.29, 1.82) is 0 Å². The van der Waals surface area contributed by atoms with Crippen LogP contribution in [0.3, 0.4) is 0 Å². The maximum absolute atomic E-state index is 12.3. The molecular formula is C30H34N4O6. The second-order valence-electron chi connectivity index (χ2n) is 8.67. The van der Waals surface area contributed by atoms with Gasteiger partial charge >= 0.3 is 11.8 Å². The van der Waals surface area contributed by atoms with Gasteiger partial charge in [0.2, 0.25) is 0 Å². The number of nitrogens with zero attached hydrogens (tertiary/aromatic N) is 1. The number of para-hydroxylation sites is 1. The van der Waals surface area contributed by atoms with Crippen molar-refractivity contribution in [3.63, 3.8) is 0 Å². The minimum absolute atomic E-state index is 0.207. The van der Waals surface area contributed by atoms with Crippen LogP contribution in [0.1, 0.15) is 37.8 Å². The maximum Gasteiger partial charge on any atom is 0.329 e. The zero-order chi connectivity index (χ0) is 28.7. The number of aryl methyl sites for hydroxylation is 1. The van der Waals surface area contributed by atoms with Gasteiger partial charge in [-0.2, -0.15) is 5.10 Å². The Kier molecular flexibility index (Phi) is 11.5. The molecule has 0 aromatic heterocycles. The van der Waals surface area contributed by atoms with Gasteiger partial charge in [0.05, 0.1) is 19.4 Å². The molecule has 3 aromatic carbocycles. The number of carbonyl (C=O) groups is 3. The van der Waals surface area contributed by atoms with Crippen LogP contribution >= 0.6 is 0 Å². The number of nitrogens with one attached hydrogen (secondary N) is 3. The summed E-state index contributed by atoms with van der Waals surface area (Å²) in [6, 6.07) is 19.2. The van der Waals surface area contributed by atoms with Gasteiger partial charge in [0.15, 0.2) is 18.1 Å². The van der Waals surface area contributed by atoms with E-state index in [1.54, 1.807) is 42.5 Å². The molecule has 0 aliphatic heterocycles. The van der Waals surface area contributed by atoms with Gasteiger partial charge in [0.25, 0.3) is 5.91 Å². The second-order valence-corrected chi connectivity index (χ2v) is 8.67. The quantitative estimate of drug-likeness (QED) is 0.124. The fourth-order valence-corrected chi connectivity index (χ4v) is 3.41. The van der Waals surface area contributed by atoms with Crippen molar-refractivity contribution in [2.24, 2.45) is 5.10 Å². The third kappa shape index (κ3) is 9.46. The highest BCUT2D eigenvalue weighted by atomic mass is 16.5. The summed E-state index contributed by atoms with van der Waals surface area (Å²) in [5.41, 5.74) is 4.90. The number of hydrogen-bond acceptors (Lipinski definition) is 7. The van der Waals surface area contributed by atoms with E-state index < -0.39 is 11.8 Å². The zero-order valence-corrected chi connectivity index (χ0v) is 22.9. The minimum Gasteiger partial charge on any atom is -0.494 e. The first kappa shape index (κ1) is 29.7. The molecule has 0 fully saturated rings. The van der Waals surface area contributed by atoms with Gasteiger partial charge in [-0.25, -0.2) is 5.43 Å². The lowest BCUT2D eigenvalue weighted by Gasteiger charge is -2.13. The molecule has 0 bridgehead atoms. The molecule has 0 aliphatic carbocycles. The summed E-state index contributed by atoms with van der Waals surface area (Å²) >= 11 is 0. The zero-order valence-electron chi connectivity index (χ0n) is 22.9. The van der Waals surface area contributed by atoms with Gasteiger partial charge in [-0.3, -0.25) is 14.4 Å². The fraction of sp³-hybridized carbons (Fsp3) is 0.267. The van der Waals surface area contributed by atoms with Gasteiger partial charge in [0, 0.05) is 11.4 Å². The summed E-state index contributed by atoms with van der Waals surface area (Å²) in [4.78, 5) is 36.7. The molecular weight excluding hydrogens is 512 g/mol. The van der Waals surface area contributed by atoms with Crippen LogP contribution in [-0.4, -0.2) is 43.8 Å². The Morgan fingerprint density at radius 2 is 1.62 bits per heavy atom. The van der Waals surface area contributed by atoms with E-state index in [2.05, 4.69) is 28.1 Å². The van der Waals surface area contributed by atoms with Crippen molar-refractivity contribution in [3.8, 4) is 17.2 Å². The molecule has 0 aliphatic rings. The third-order valence-corrected chi connectivity index (χ3v) is 5.51. The first-order valence-electron chi connectivity index (χ1n) is 13.0. The topological polar surface area (TPSA) is 127 Å². The number of anilines is 2. The van der Waals surface area contributed by atoms with E-state index >= 15 is 0 Å². The molecule has 0 radical (unpaired) electrons. The molecule has 3 amide bonds. The number of hydrazone groups is 1. The van der Waals surface area contributed by atoms with Gasteiger partial charge in [-0.15, -0.1) is 0 Å². The van der Waals surface area contributed by atoms with Crippen LogP contribution in [0.5, 0.6) is 17.2 Å². The lowest BCUT2D eigenvalue weighted by Crippen LogP contribution is -2.32. The Morgan fingerprint density at radius 3 is 2.35 bits per heavy atom. The Hall–Kier alpha value is -4.86. The first-order chi connectivity index (χ1) is 19.4. The van der Waals surface area contributed by atoms with E-state index in [0.29, 0.717) is 47.4 Å². The molecule has 0 saturated carbocycles. The summed E-state index contributed by atoms with van der Waals surface area (Å²) in [5.74, 6) is -0.623. The Morgan fingerprint density at radius 1 is 0.850 bits per heavy atom. The molecule has 0 atom stereocenters. The minimum atomic E-state index is -0.927. The Bertz CT molecular complexity index is 1320. The van der Waals surface area contributed by atoms with Crippen LogP contribution in [0.15, 0.2) is 71.8 Å². The number of hydrogen-bond donors (Lipinski definition) is 3. The van der Waals surface area contributed by atoms with E-state index in [0.717, 1.165) is 18.4 Å². The van der Waals surface area contributed by atoms with Crippen molar-refractivity contribution in [1.82, 2.24) is 5.43 Å². The molecule has 40 heavy (non-hydrogen) atoms. The lowest BCUT2D eigenvalue weighted by molar-refractivity contribution is -0.136. The molecule has 0 heterocycles. The summed E-state index contributed by atoms with van der Waals surface area (Å²) < 4.78 is 16.9. The van der Waals surface area contributed by atoms with Crippen LogP contribution < -0.4 is 30.3 Å². The summed E-state index contributed by atoms with van der Waals surface area (Å²) in [6.45, 7) is 6.59. The maximum atomic E-state index is 12.3. The average Bonchev–Trinajstić information content (AvgIpc) is 2.95. The summed E-state index contributed by atoms with van der Waals surface area (Å²) in [7, 11) is 0. The summed E-state index contributed by atoms with van der Waals surface area (Å²) in [5, 5.41) is 9.18. The fourth-order valence-electron chi connectivity index (χ4n) is 3.41. The molecule has 0 unspecified atom stereocenters. The molecule has 3 aromatic rings. The number of ether oxygens (including phenoxy) is 3. The van der Waals surface area contributed by atoms with Crippen molar-refractivity contribution < 1.29 is 28.6 Å². The monoisotopic (exact) mass is 546 g/mol. The summed E-state index contributed by atoms with van der Waals surface area (Å²) in [6.07, 6.45) is 3.36. The molecule has 10 heteroatoms. The predicted molar refractivity (Wildman–Crippen MR) is 154 cm³/mol. The highest BCUT2D eigenvalue weighted by molar-refractivity contribution is 6.39. The van der Waals surface area contributed by atoms with E-state index in [9.17, 15) is 14.4 Å². The molecule has 0 saturated heterocycles. The van der Waals surface area contributed by atoms with Crippen molar-refractivity contribution in [2.45, 2.75) is 33.6 Å². The van der Waals surface area contributed by atoms with E-state index in [1.807, 2.05) is 38.1 Å². The van der Waals surface area contributed by atoms with E-state index in [4.69, 9.17) is 14.2 Å². The van der Waals surface area contributed by atoms with Crippen molar-refractivity contribution in [2.75, 3.05) is 30.5 Å². The molecule has 3 rings (SSSR count). The third-order valence-electron chi connectivity index (χ3n) is 5.51. The largest absolute Gasteiger partial charge is 0.494 e. The van der Waals surface area contributed by atoms with Gasteiger partial charge in [-0.1, -0.05) is 31.5 Å². The number of rotatable bonds is 13. The van der Waals surface area contributed by atoms with Gasteiger partial charge in [-0.05, 0) is 79.9 Å². The van der Waals surface area contributed by atoms with Gasteiger partial charge in [0.1, 0.15) is 5.75 Å². The predicted octanol–water partition coefficient (Wildman–Crippen LogP) is 4.68. The molecule has 210 valence electrons. The van der Waals surface area contributed by atoms with Crippen LogP contribution in [0.2, 0.25) is 0 Å². The van der Waals surface area contributed by atoms with Crippen LogP contribution in [-0.2, 0) is 14.4 Å². The highest BCUT2D eigenvalue weighted by Gasteiger charge is 2.13. The molecule has 0 spiro atoms. The second kappa shape index (κ2) is 15.5. The Balaban J connectivity index is 1.51. The van der Waals surface area contributed by atoms with Crippen molar-refractivity contribution in [3.05, 3.63) is 77.9 Å². The van der Waals surface area contributed by atoms with Gasteiger partial charge < -0.3 is 24.8 Å². The molecule has 10 nitrogen and oxygen atoms in total. The standard InChI is InChI=1S/C30H34N4O6/c1-4-6-17-39-24-14-12-23(13-15-24)32-29(36)30(37)34-31-19-22-11-16-26(27(18-22)38-5-2)40-20-28(35)33-25-10-8-7-9-21(25)3/h7-16,18-19H,4-6,17,20H2,1-3H3,(H,32,36)(H,33,35)(H,34,37)/b31-19-. The van der Waals surface area contributed by atoms with Crippen LogP contribution in [0.25, 0.3) is 0 Å². The molecule has 3 N–H and O–H groups in total. The lowest BCUT2D eigenvalue weighted by atomic mass is 10.2. The average molecular weight is 547 g/mol. The first-order valence-corrected chi connectivity index (χ1v) is 13.0. The smallest absolute Gasteiger partial charge is 0.329 e. The van der Waals surface area contributed by atoms with E-state index in [-0.39, 0.29) is 12.5 Å². The highest BCUT2D eigenvalue weighted by Crippen LogP contribution is 2.28. The number of unbranched alkanes of at least 4 members (excludes halogenated alkanes) is 1. The SMILES string of the molecule is CCCCOc1ccc(NC(=O)C(=O)N/N=C\c2ccc(OCC(=O)Nc3ccccc3C)c(OCC)c2)cc1. The number of amides is 3. The van der Waals surface area contributed by atoms with Crippen LogP contribution in [0.4, 0.5) is 11.4 Å². The van der Waals surface area contributed by atoms with E-state index in [1.165, 1.54) is 6.21 Å². The van der Waals surface area contributed by atoms with Crippen LogP contribution in [0, 0.1) is 6.92 Å². The normalized spacial score (nSPS) is 10.6. The Labute approximate surface area is 233 Å². The van der Waals surface area contributed by atoms with Crippen molar-refractivity contribution >= 4 is 35.3 Å².